The van der Waals surface area contributed by atoms with E-state index in [2.05, 4.69) is 10.3 Å². The minimum absolute atomic E-state index is 0.167. The molecular formula is C18H12N4O3. The summed E-state index contributed by atoms with van der Waals surface area (Å²) in [6.45, 7) is 0. The molecule has 7 heteroatoms. The van der Waals surface area contributed by atoms with Crippen LogP contribution in [0.2, 0.25) is 0 Å². The van der Waals surface area contributed by atoms with Crippen molar-refractivity contribution in [1.29, 1.82) is 5.26 Å². The number of rotatable bonds is 5. The first-order valence-electron chi connectivity index (χ1n) is 7.29. The molecule has 0 aliphatic rings. The smallest absolute Gasteiger partial charge is 0.293 e. The highest BCUT2D eigenvalue weighted by Gasteiger charge is 2.15. The largest absolute Gasteiger partial charge is 0.457 e. The molecule has 122 valence electrons. The monoisotopic (exact) mass is 332 g/mol. The van der Waals surface area contributed by atoms with Crippen molar-refractivity contribution in [2.24, 2.45) is 0 Å². The second kappa shape index (κ2) is 7.10. The molecule has 0 aliphatic heterocycles. The van der Waals surface area contributed by atoms with Crippen LogP contribution in [-0.2, 0) is 0 Å². The molecule has 0 saturated heterocycles. The molecule has 0 amide bonds. The SMILES string of the molecule is N#Cc1ccc(Nc2cccc(Oc3ccncc3)c2)c([N+](=O)[O-])c1. The van der Waals surface area contributed by atoms with Gasteiger partial charge in [0, 0.05) is 30.2 Å². The van der Waals surface area contributed by atoms with E-state index < -0.39 is 4.92 Å². The molecule has 0 saturated carbocycles. The van der Waals surface area contributed by atoms with Crippen molar-refractivity contribution in [2.45, 2.75) is 0 Å². The van der Waals surface area contributed by atoms with Crippen LogP contribution in [0.4, 0.5) is 17.1 Å². The van der Waals surface area contributed by atoms with Gasteiger partial charge in [0.2, 0.25) is 0 Å². The lowest BCUT2D eigenvalue weighted by atomic mass is 10.2. The van der Waals surface area contributed by atoms with Crippen LogP contribution in [0.5, 0.6) is 11.5 Å². The number of hydrogen-bond donors (Lipinski definition) is 1. The Kier molecular flexibility index (Phi) is 4.53. The number of nitriles is 1. The third-order valence-corrected chi connectivity index (χ3v) is 3.32. The summed E-state index contributed by atoms with van der Waals surface area (Å²) < 4.78 is 5.71. The zero-order chi connectivity index (χ0) is 17.6. The molecule has 7 nitrogen and oxygen atoms in total. The maximum atomic E-state index is 11.2. The predicted molar refractivity (Wildman–Crippen MR) is 91.8 cm³/mol. The molecular weight excluding hydrogens is 320 g/mol. The van der Waals surface area contributed by atoms with Crippen LogP contribution in [-0.4, -0.2) is 9.91 Å². The fraction of sp³-hybridized carbons (Fsp3) is 0. The van der Waals surface area contributed by atoms with Crippen molar-refractivity contribution in [3.63, 3.8) is 0 Å². The average molecular weight is 332 g/mol. The first-order chi connectivity index (χ1) is 12.2. The molecule has 0 fully saturated rings. The number of nitro benzene ring substituents is 1. The van der Waals surface area contributed by atoms with Crippen LogP contribution in [0.3, 0.4) is 0 Å². The van der Waals surface area contributed by atoms with Gasteiger partial charge in [-0.15, -0.1) is 0 Å². The molecule has 0 radical (unpaired) electrons. The highest BCUT2D eigenvalue weighted by molar-refractivity contribution is 5.71. The minimum atomic E-state index is -0.527. The molecule has 3 aromatic rings. The summed E-state index contributed by atoms with van der Waals surface area (Å²) in [6.07, 6.45) is 3.25. The number of nitrogens with zero attached hydrogens (tertiary/aromatic N) is 3. The maximum Gasteiger partial charge on any atom is 0.293 e. The summed E-state index contributed by atoms with van der Waals surface area (Å²) >= 11 is 0. The Labute approximate surface area is 143 Å². The van der Waals surface area contributed by atoms with E-state index in [1.165, 1.54) is 18.2 Å². The fourth-order valence-electron chi connectivity index (χ4n) is 2.19. The number of pyridine rings is 1. The second-order valence-electron chi connectivity index (χ2n) is 5.04. The summed E-state index contributed by atoms with van der Waals surface area (Å²) in [7, 11) is 0. The Morgan fingerprint density at radius 1 is 1.08 bits per heavy atom. The standard InChI is InChI=1S/C18H12N4O3/c19-12-13-4-5-17(18(10-13)22(23)24)21-14-2-1-3-16(11-14)25-15-6-8-20-9-7-15/h1-11,21H. The number of ether oxygens (including phenoxy) is 1. The Morgan fingerprint density at radius 2 is 1.88 bits per heavy atom. The van der Waals surface area contributed by atoms with Crippen LogP contribution in [0.25, 0.3) is 0 Å². The van der Waals surface area contributed by atoms with Crippen LogP contribution in [0.1, 0.15) is 5.56 Å². The Bertz CT molecular complexity index is 952. The third-order valence-electron chi connectivity index (χ3n) is 3.32. The topological polar surface area (TPSA) is 101 Å². The number of nitrogens with one attached hydrogen (secondary N) is 1. The molecule has 0 bridgehead atoms. The molecule has 0 spiro atoms. The van der Waals surface area contributed by atoms with E-state index in [1.54, 1.807) is 48.8 Å². The molecule has 1 N–H and O–H groups in total. The predicted octanol–water partition coefficient (Wildman–Crippen LogP) is 4.40. The number of anilines is 2. The van der Waals surface area contributed by atoms with Gasteiger partial charge in [0.25, 0.3) is 5.69 Å². The molecule has 0 aliphatic carbocycles. The summed E-state index contributed by atoms with van der Waals surface area (Å²) in [5.41, 5.74) is 0.982. The van der Waals surface area contributed by atoms with E-state index in [4.69, 9.17) is 10.00 Å². The Balaban J connectivity index is 1.85. The minimum Gasteiger partial charge on any atom is -0.457 e. The van der Waals surface area contributed by atoms with Gasteiger partial charge >= 0.3 is 0 Å². The molecule has 3 rings (SSSR count). The normalized spacial score (nSPS) is 9.88. The fourth-order valence-corrected chi connectivity index (χ4v) is 2.19. The number of hydrogen-bond acceptors (Lipinski definition) is 6. The van der Waals surface area contributed by atoms with Gasteiger partial charge in [-0.3, -0.25) is 15.1 Å². The molecule has 1 aromatic heterocycles. The van der Waals surface area contributed by atoms with Crippen LogP contribution in [0, 0.1) is 21.4 Å². The molecule has 0 atom stereocenters. The highest BCUT2D eigenvalue weighted by atomic mass is 16.6. The summed E-state index contributed by atoms with van der Waals surface area (Å²) in [5.74, 6) is 1.21. The first-order valence-corrected chi connectivity index (χ1v) is 7.29. The van der Waals surface area contributed by atoms with Gasteiger partial charge in [0.15, 0.2) is 0 Å². The maximum absolute atomic E-state index is 11.2. The highest BCUT2D eigenvalue weighted by Crippen LogP contribution is 2.30. The van der Waals surface area contributed by atoms with E-state index >= 15 is 0 Å². The van der Waals surface area contributed by atoms with Gasteiger partial charge in [-0.05, 0) is 36.4 Å². The van der Waals surface area contributed by atoms with Crippen molar-refractivity contribution in [2.75, 3.05) is 5.32 Å². The van der Waals surface area contributed by atoms with E-state index in [1.807, 2.05) is 6.07 Å². The molecule has 0 unspecified atom stereocenters. The van der Waals surface area contributed by atoms with Crippen molar-refractivity contribution in [1.82, 2.24) is 4.98 Å². The van der Waals surface area contributed by atoms with Gasteiger partial charge in [-0.1, -0.05) is 6.07 Å². The number of nitro groups is 1. The van der Waals surface area contributed by atoms with Gasteiger partial charge in [-0.25, -0.2) is 0 Å². The van der Waals surface area contributed by atoms with E-state index in [-0.39, 0.29) is 11.3 Å². The van der Waals surface area contributed by atoms with Crippen molar-refractivity contribution in [3.8, 4) is 17.6 Å². The first kappa shape index (κ1) is 16.0. The summed E-state index contributed by atoms with van der Waals surface area (Å²) in [6, 6.07) is 16.6. The number of benzene rings is 2. The van der Waals surface area contributed by atoms with E-state index in [9.17, 15) is 10.1 Å². The van der Waals surface area contributed by atoms with Gasteiger partial charge in [0.1, 0.15) is 17.2 Å². The zero-order valence-electron chi connectivity index (χ0n) is 12.9. The lowest BCUT2D eigenvalue weighted by Crippen LogP contribution is -1.98. The second-order valence-corrected chi connectivity index (χ2v) is 5.04. The van der Waals surface area contributed by atoms with Crippen LogP contribution >= 0.6 is 0 Å². The summed E-state index contributed by atoms with van der Waals surface area (Å²) in [5, 5.41) is 23.1. The third kappa shape index (κ3) is 3.89. The lowest BCUT2D eigenvalue weighted by Gasteiger charge is -2.10. The molecule has 1 heterocycles. The van der Waals surface area contributed by atoms with Crippen LogP contribution < -0.4 is 10.1 Å². The van der Waals surface area contributed by atoms with Crippen molar-refractivity contribution < 1.29 is 9.66 Å². The van der Waals surface area contributed by atoms with E-state index in [0.717, 1.165) is 0 Å². The van der Waals surface area contributed by atoms with Crippen LogP contribution in [0.15, 0.2) is 67.0 Å². The van der Waals surface area contributed by atoms with Gasteiger partial charge in [-0.2, -0.15) is 5.26 Å². The Morgan fingerprint density at radius 3 is 2.60 bits per heavy atom. The van der Waals surface area contributed by atoms with Crippen molar-refractivity contribution in [3.05, 3.63) is 82.7 Å². The summed E-state index contributed by atoms with van der Waals surface area (Å²) in [4.78, 5) is 14.6. The van der Waals surface area contributed by atoms with Gasteiger partial charge in [0.05, 0.1) is 16.6 Å². The van der Waals surface area contributed by atoms with Crippen molar-refractivity contribution >= 4 is 17.1 Å². The Hall–Kier alpha value is -3.92. The average Bonchev–Trinajstić information content (AvgIpc) is 2.63. The van der Waals surface area contributed by atoms with E-state index in [0.29, 0.717) is 22.9 Å². The number of aromatic nitrogens is 1. The molecule has 25 heavy (non-hydrogen) atoms. The van der Waals surface area contributed by atoms with Gasteiger partial charge < -0.3 is 10.1 Å². The molecule has 2 aromatic carbocycles. The quantitative estimate of drug-likeness (QED) is 0.549. The lowest BCUT2D eigenvalue weighted by molar-refractivity contribution is -0.383. The zero-order valence-corrected chi connectivity index (χ0v) is 12.9.